The van der Waals surface area contributed by atoms with Gasteiger partial charge < -0.3 is 14.4 Å². The molecular formula is C21H24BrNO4. The highest BCUT2D eigenvalue weighted by molar-refractivity contribution is 9.10. The Morgan fingerprint density at radius 2 is 2.04 bits per heavy atom. The molecule has 2 saturated heterocycles. The van der Waals surface area contributed by atoms with Crippen LogP contribution in [0, 0.1) is 17.8 Å². The molecular weight excluding hydrogens is 410 g/mol. The first-order chi connectivity index (χ1) is 12.8. The van der Waals surface area contributed by atoms with Crippen LogP contribution in [0.2, 0.25) is 0 Å². The van der Waals surface area contributed by atoms with E-state index in [0.29, 0.717) is 13.2 Å². The SMILES string of the molecule is CC(C)COC(=O)C1[C@H]2C(=O)N(C(C)c3ccc(Br)cc3)C[C@]23C=C[C@H]1O3. The number of nitrogens with zero attached hydrogens (tertiary/aromatic N) is 1. The average molecular weight is 434 g/mol. The largest absolute Gasteiger partial charge is 0.465 e. The van der Waals surface area contributed by atoms with Crippen molar-refractivity contribution >= 4 is 27.8 Å². The van der Waals surface area contributed by atoms with E-state index in [2.05, 4.69) is 15.9 Å². The third-order valence-corrected chi connectivity index (χ3v) is 6.31. The molecule has 5 atom stereocenters. The molecule has 5 nitrogen and oxygen atoms in total. The van der Waals surface area contributed by atoms with Gasteiger partial charge in [-0.1, -0.05) is 54.1 Å². The Morgan fingerprint density at radius 1 is 1.33 bits per heavy atom. The molecule has 1 spiro atoms. The normalized spacial score (nSPS) is 32.3. The Morgan fingerprint density at radius 3 is 2.70 bits per heavy atom. The third-order valence-electron chi connectivity index (χ3n) is 5.78. The zero-order valence-corrected chi connectivity index (χ0v) is 17.3. The predicted molar refractivity (Wildman–Crippen MR) is 104 cm³/mol. The van der Waals surface area contributed by atoms with Crippen molar-refractivity contribution in [1.82, 2.24) is 4.90 Å². The van der Waals surface area contributed by atoms with Crippen molar-refractivity contribution < 1.29 is 19.1 Å². The maximum atomic E-state index is 13.3. The molecule has 27 heavy (non-hydrogen) atoms. The van der Waals surface area contributed by atoms with E-state index in [1.165, 1.54) is 0 Å². The lowest BCUT2D eigenvalue weighted by atomic mass is 9.77. The molecule has 3 aliphatic rings. The van der Waals surface area contributed by atoms with Crippen LogP contribution in [0.25, 0.3) is 0 Å². The second-order valence-corrected chi connectivity index (χ2v) is 9.03. The molecule has 0 aliphatic carbocycles. The average Bonchev–Trinajstić information content (AvgIpc) is 3.28. The fourth-order valence-electron chi connectivity index (χ4n) is 4.39. The molecule has 144 valence electrons. The lowest BCUT2D eigenvalue weighted by Gasteiger charge is -2.27. The van der Waals surface area contributed by atoms with E-state index in [9.17, 15) is 9.59 Å². The second-order valence-electron chi connectivity index (χ2n) is 8.12. The van der Waals surface area contributed by atoms with E-state index in [-0.39, 0.29) is 29.9 Å². The fourth-order valence-corrected chi connectivity index (χ4v) is 4.66. The van der Waals surface area contributed by atoms with Crippen LogP contribution in [-0.4, -0.2) is 41.6 Å². The van der Waals surface area contributed by atoms with Crippen molar-refractivity contribution in [2.45, 2.75) is 38.5 Å². The van der Waals surface area contributed by atoms with Crippen LogP contribution in [0.15, 0.2) is 40.9 Å². The second kappa shape index (κ2) is 6.74. The van der Waals surface area contributed by atoms with Crippen LogP contribution < -0.4 is 0 Å². The summed E-state index contributed by atoms with van der Waals surface area (Å²) in [5.41, 5.74) is 0.354. The van der Waals surface area contributed by atoms with Gasteiger partial charge in [-0.05, 0) is 30.5 Å². The standard InChI is InChI=1S/C21H24BrNO4/c1-12(2)10-26-20(25)17-16-8-9-21(27-16)11-23(19(24)18(17)21)13(3)14-4-6-15(22)7-5-14/h4-9,12-13,16-18H,10-11H2,1-3H3/t13?,16-,17?,18+,21-/m1/s1. The molecule has 1 aromatic rings. The van der Waals surface area contributed by atoms with Crippen molar-refractivity contribution in [3.8, 4) is 0 Å². The molecule has 3 heterocycles. The first-order valence-corrected chi connectivity index (χ1v) is 10.2. The Balaban J connectivity index is 1.57. The summed E-state index contributed by atoms with van der Waals surface area (Å²) in [6, 6.07) is 7.88. The number of ether oxygens (including phenoxy) is 2. The molecule has 3 aliphatic heterocycles. The first-order valence-electron chi connectivity index (χ1n) is 9.42. The van der Waals surface area contributed by atoms with Crippen LogP contribution in [-0.2, 0) is 19.1 Å². The van der Waals surface area contributed by atoms with Gasteiger partial charge in [-0.3, -0.25) is 9.59 Å². The highest BCUT2D eigenvalue weighted by atomic mass is 79.9. The van der Waals surface area contributed by atoms with Crippen molar-refractivity contribution in [3.05, 3.63) is 46.5 Å². The lowest BCUT2D eigenvalue weighted by Crippen LogP contribution is -2.40. The number of rotatable bonds is 5. The van der Waals surface area contributed by atoms with Gasteiger partial charge in [0.15, 0.2) is 0 Å². The number of esters is 1. The Hall–Kier alpha value is -1.66. The minimum Gasteiger partial charge on any atom is -0.465 e. The maximum Gasteiger partial charge on any atom is 0.312 e. The lowest BCUT2D eigenvalue weighted by molar-refractivity contribution is -0.155. The predicted octanol–water partition coefficient (Wildman–Crippen LogP) is 3.49. The molecule has 4 rings (SSSR count). The van der Waals surface area contributed by atoms with Gasteiger partial charge >= 0.3 is 5.97 Å². The van der Waals surface area contributed by atoms with Crippen molar-refractivity contribution in [2.24, 2.45) is 17.8 Å². The van der Waals surface area contributed by atoms with E-state index < -0.39 is 17.4 Å². The van der Waals surface area contributed by atoms with Gasteiger partial charge in [0.25, 0.3) is 0 Å². The smallest absolute Gasteiger partial charge is 0.312 e. The van der Waals surface area contributed by atoms with Gasteiger partial charge in [-0.2, -0.15) is 0 Å². The minimum atomic E-state index is -0.701. The van der Waals surface area contributed by atoms with Crippen LogP contribution in [0.3, 0.4) is 0 Å². The zero-order valence-electron chi connectivity index (χ0n) is 15.7. The number of hydrogen-bond acceptors (Lipinski definition) is 4. The topological polar surface area (TPSA) is 55.8 Å². The number of amides is 1. The molecule has 0 saturated carbocycles. The quantitative estimate of drug-likeness (QED) is 0.526. The molecule has 2 bridgehead atoms. The highest BCUT2D eigenvalue weighted by Gasteiger charge is 2.67. The molecule has 1 amide bonds. The van der Waals surface area contributed by atoms with Crippen LogP contribution in [0.4, 0.5) is 0 Å². The Labute approximate surface area is 167 Å². The van der Waals surface area contributed by atoms with Crippen LogP contribution >= 0.6 is 15.9 Å². The van der Waals surface area contributed by atoms with Gasteiger partial charge in [0.1, 0.15) is 11.5 Å². The maximum absolute atomic E-state index is 13.3. The van der Waals surface area contributed by atoms with E-state index in [1.807, 2.05) is 62.1 Å². The van der Waals surface area contributed by atoms with Crippen molar-refractivity contribution in [2.75, 3.05) is 13.2 Å². The Kier molecular flexibility index (Phi) is 4.67. The van der Waals surface area contributed by atoms with E-state index in [0.717, 1.165) is 10.0 Å². The fraction of sp³-hybridized carbons (Fsp3) is 0.524. The monoisotopic (exact) mass is 433 g/mol. The van der Waals surface area contributed by atoms with Crippen molar-refractivity contribution in [1.29, 1.82) is 0 Å². The molecule has 0 N–H and O–H groups in total. The van der Waals surface area contributed by atoms with Gasteiger partial charge in [-0.25, -0.2) is 0 Å². The summed E-state index contributed by atoms with van der Waals surface area (Å²) >= 11 is 3.44. The number of likely N-dealkylation sites (tertiary alicyclic amines) is 1. The summed E-state index contributed by atoms with van der Waals surface area (Å²) in [6.45, 7) is 6.83. The van der Waals surface area contributed by atoms with E-state index in [4.69, 9.17) is 9.47 Å². The summed E-state index contributed by atoms with van der Waals surface area (Å²) in [5.74, 6) is -1.14. The van der Waals surface area contributed by atoms with Crippen LogP contribution in [0.1, 0.15) is 32.4 Å². The first kappa shape index (κ1) is 18.7. The zero-order chi connectivity index (χ0) is 19.3. The molecule has 2 fully saturated rings. The number of hydrogen-bond donors (Lipinski definition) is 0. The number of fused-ring (bicyclic) bond motifs is 1. The van der Waals surface area contributed by atoms with Crippen molar-refractivity contribution in [3.63, 3.8) is 0 Å². The van der Waals surface area contributed by atoms with Gasteiger partial charge in [0.05, 0.1) is 31.2 Å². The minimum absolute atomic E-state index is 0.0243. The molecule has 1 aromatic carbocycles. The summed E-state index contributed by atoms with van der Waals surface area (Å²) in [6.07, 6.45) is 3.53. The summed E-state index contributed by atoms with van der Waals surface area (Å²) < 4.78 is 12.6. The third kappa shape index (κ3) is 3.03. The van der Waals surface area contributed by atoms with E-state index >= 15 is 0 Å². The number of benzene rings is 1. The molecule has 0 aromatic heterocycles. The number of halogens is 1. The van der Waals surface area contributed by atoms with Gasteiger partial charge in [0, 0.05) is 4.47 Å². The molecule has 6 heteroatoms. The molecule has 2 unspecified atom stereocenters. The summed E-state index contributed by atoms with van der Waals surface area (Å²) in [5, 5.41) is 0. The van der Waals surface area contributed by atoms with Gasteiger partial charge in [0.2, 0.25) is 5.91 Å². The Bertz CT molecular complexity index is 790. The number of carbonyl (C=O) groups is 2. The molecule has 0 radical (unpaired) electrons. The van der Waals surface area contributed by atoms with Crippen LogP contribution in [0.5, 0.6) is 0 Å². The number of carbonyl (C=O) groups excluding carboxylic acids is 2. The summed E-state index contributed by atoms with van der Waals surface area (Å²) in [7, 11) is 0. The van der Waals surface area contributed by atoms with E-state index in [1.54, 1.807) is 0 Å². The highest BCUT2D eigenvalue weighted by Crippen LogP contribution is 2.53. The van der Waals surface area contributed by atoms with Gasteiger partial charge in [-0.15, -0.1) is 0 Å². The summed E-state index contributed by atoms with van der Waals surface area (Å²) in [4.78, 5) is 27.8.